The van der Waals surface area contributed by atoms with Crippen molar-refractivity contribution in [3.05, 3.63) is 35.8 Å². The second kappa shape index (κ2) is 4.44. The zero-order valence-corrected chi connectivity index (χ0v) is 9.61. The number of para-hydroxylation sites is 1. The van der Waals surface area contributed by atoms with Crippen molar-refractivity contribution in [2.24, 2.45) is 0 Å². The number of aromatic nitrogens is 1. The maximum atomic E-state index is 13.4. The van der Waals surface area contributed by atoms with E-state index >= 15 is 0 Å². The summed E-state index contributed by atoms with van der Waals surface area (Å²) in [6.07, 6.45) is 3.09. The van der Waals surface area contributed by atoms with Gasteiger partial charge in [0.1, 0.15) is 5.82 Å². The van der Waals surface area contributed by atoms with E-state index in [-0.39, 0.29) is 18.2 Å². The monoisotopic (exact) mass is 240 g/mol. The molecule has 2 nitrogen and oxygen atoms in total. The van der Waals surface area contributed by atoms with Crippen LogP contribution in [0.3, 0.4) is 0 Å². The van der Waals surface area contributed by atoms with Gasteiger partial charge in [-0.2, -0.15) is 0 Å². The third-order valence-corrected chi connectivity index (χ3v) is 3.20. The zero-order valence-electron chi connectivity index (χ0n) is 8.79. The van der Waals surface area contributed by atoms with Gasteiger partial charge < -0.3 is 10.3 Å². The van der Waals surface area contributed by atoms with E-state index in [9.17, 15) is 4.39 Å². The van der Waals surface area contributed by atoms with Crippen molar-refractivity contribution in [1.82, 2.24) is 10.3 Å². The standard InChI is InChI=1S/C12H13FN2.ClH/c13-11-3-1-2-9-10(7-15-12(9)11)8-4-5-14-6-8;/h1-3,7-8,14-15H,4-6H2;1H. The number of hydrogen-bond acceptors (Lipinski definition) is 1. The van der Waals surface area contributed by atoms with Gasteiger partial charge in [-0.3, -0.25) is 0 Å². The summed E-state index contributed by atoms with van der Waals surface area (Å²) in [6.45, 7) is 2.07. The molecule has 1 fully saturated rings. The number of nitrogens with one attached hydrogen (secondary N) is 2. The molecular formula is C12H14ClFN2. The number of rotatable bonds is 1. The average Bonchev–Trinajstić information content (AvgIpc) is 2.85. The molecule has 1 atom stereocenters. The van der Waals surface area contributed by atoms with Crippen molar-refractivity contribution in [1.29, 1.82) is 0 Å². The molecule has 0 spiro atoms. The summed E-state index contributed by atoms with van der Waals surface area (Å²) in [4.78, 5) is 3.03. The minimum atomic E-state index is -0.162. The Morgan fingerprint density at radius 2 is 2.19 bits per heavy atom. The fraction of sp³-hybridized carbons (Fsp3) is 0.333. The van der Waals surface area contributed by atoms with Crippen LogP contribution < -0.4 is 5.32 Å². The number of fused-ring (bicyclic) bond motifs is 1. The molecule has 86 valence electrons. The Bertz CT molecular complexity index is 489. The summed E-state index contributed by atoms with van der Waals surface area (Å²) in [6, 6.07) is 5.26. The summed E-state index contributed by atoms with van der Waals surface area (Å²) < 4.78 is 13.4. The lowest BCUT2D eigenvalue weighted by atomic mass is 9.98. The van der Waals surface area contributed by atoms with Gasteiger partial charge in [-0.25, -0.2) is 4.39 Å². The SMILES string of the molecule is Cl.Fc1cccc2c(C3CCNC3)c[nH]c12. The van der Waals surface area contributed by atoms with Gasteiger partial charge in [-0.1, -0.05) is 12.1 Å². The van der Waals surface area contributed by atoms with Crippen molar-refractivity contribution >= 4 is 23.3 Å². The first kappa shape index (κ1) is 11.4. The largest absolute Gasteiger partial charge is 0.359 e. The van der Waals surface area contributed by atoms with E-state index in [1.165, 1.54) is 11.6 Å². The third kappa shape index (κ3) is 1.70. The van der Waals surface area contributed by atoms with Gasteiger partial charge in [-0.05, 0) is 30.5 Å². The molecule has 2 heterocycles. The number of aromatic amines is 1. The molecule has 0 aliphatic carbocycles. The first-order valence-corrected chi connectivity index (χ1v) is 5.32. The topological polar surface area (TPSA) is 27.8 Å². The summed E-state index contributed by atoms with van der Waals surface area (Å²) in [5, 5.41) is 4.36. The molecule has 1 aromatic heterocycles. The maximum absolute atomic E-state index is 13.4. The summed E-state index contributed by atoms with van der Waals surface area (Å²) in [5.74, 6) is 0.366. The van der Waals surface area contributed by atoms with Crippen molar-refractivity contribution in [3.63, 3.8) is 0 Å². The van der Waals surface area contributed by atoms with E-state index in [1.54, 1.807) is 6.07 Å². The molecule has 1 saturated heterocycles. The van der Waals surface area contributed by atoms with Crippen LogP contribution in [0.2, 0.25) is 0 Å². The normalized spacial score (nSPS) is 19.9. The highest BCUT2D eigenvalue weighted by Gasteiger charge is 2.20. The average molecular weight is 241 g/mol. The van der Waals surface area contributed by atoms with E-state index in [0.29, 0.717) is 11.4 Å². The van der Waals surface area contributed by atoms with Crippen LogP contribution in [0.4, 0.5) is 4.39 Å². The van der Waals surface area contributed by atoms with Crippen molar-refractivity contribution in [2.45, 2.75) is 12.3 Å². The van der Waals surface area contributed by atoms with Crippen LogP contribution in [0.5, 0.6) is 0 Å². The van der Waals surface area contributed by atoms with Crippen molar-refractivity contribution < 1.29 is 4.39 Å². The van der Waals surface area contributed by atoms with E-state index in [1.807, 2.05) is 12.3 Å². The summed E-state index contributed by atoms with van der Waals surface area (Å²) in [7, 11) is 0. The number of H-pyrrole nitrogens is 1. The Kier molecular flexibility index (Phi) is 3.17. The fourth-order valence-corrected chi connectivity index (χ4v) is 2.40. The van der Waals surface area contributed by atoms with E-state index in [4.69, 9.17) is 0 Å². The molecule has 1 aliphatic rings. The lowest BCUT2D eigenvalue weighted by molar-refractivity contribution is 0.637. The smallest absolute Gasteiger partial charge is 0.147 e. The first-order valence-electron chi connectivity index (χ1n) is 5.32. The number of halogens is 2. The van der Waals surface area contributed by atoms with Crippen LogP contribution >= 0.6 is 12.4 Å². The molecule has 1 unspecified atom stereocenters. The van der Waals surface area contributed by atoms with Crippen molar-refractivity contribution in [2.75, 3.05) is 13.1 Å². The minimum Gasteiger partial charge on any atom is -0.359 e. The van der Waals surface area contributed by atoms with E-state index < -0.39 is 0 Å². The summed E-state index contributed by atoms with van der Waals surface area (Å²) >= 11 is 0. The van der Waals surface area contributed by atoms with Gasteiger partial charge >= 0.3 is 0 Å². The molecule has 1 aliphatic heterocycles. The van der Waals surface area contributed by atoms with Gasteiger partial charge in [0.2, 0.25) is 0 Å². The molecule has 0 amide bonds. The van der Waals surface area contributed by atoms with Crippen molar-refractivity contribution in [3.8, 4) is 0 Å². The van der Waals surface area contributed by atoms with Crippen LogP contribution in [0, 0.1) is 5.82 Å². The van der Waals surface area contributed by atoms with Gasteiger partial charge in [0, 0.05) is 18.1 Å². The molecule has 3 rings (SSSR count). The van der Waals surface area contributed by atoms with Gasteiger partial charge in [0.05, 0.1) is 5.52 Å². The maximum Gasteiger partial charge on any atom is 0.147 e. The van der Waals surface area contributed by atoms with Gasteiger partial charge in [-0.15, -0.1) is 12.4 Å². The molecule has 0 radical (unpaired) electrons. The van der Waals surface area contributed by atoms with E-state index in [2.05, 4.69) is 10.3 Å². The molecule has 2 aromatic rings. The fourth-order valence-electron chi connectivity index (χ4n) is 2.40. The van der Waals surface area contributed by atoms with Crippen LogP contribution in [-0.2, 0) is 0 Å². The highest BCUT2D eigenvalue weighted by atomic mass is 35.5. The molecule has 0 bridgehead atoms. The highest BCUT2D eigenvalue weighted by Crippen LogP contribution is 2.30. The first-order chi connectivity index (χ1) is 7.36. The zero-order chi connectivity index (χ0) is 10.3. The van der Waals surface area contributed by atoms with E-state index in [0.717, 1.165) is 24.9 Å². The molecule has 2 N–H and O–H groups in total. The number of benzene rings is 1. The quantitative estimate of drug-likeness (QED) is 0.788. The molecular weight excluding hydrogens is 227 g/mol. The minimum absolute atomic E-state index is 0. The van der Waals surface area contributed by atoms with Gasteiger partial charge in [0.15, 0.2) is 0 Å². The lowest BCUT2D eigenvalue weighted by Gasteiger charge is -2.06. The third-order valence-electron chi connectivity index (χ3n) is 3.20. The second-order valence-electron chi connectivity index (χ2n) is 4.10. The van der Waals surface area contributed by atoms with Gasteiger partial charge in [0.25, 0.3) is 0 Å². The molecule has 0 saturated carbocycles. The Hall–Kier alpha value is -1.06. The Balaban J connectivity index is 0.000000963. The molecule has 16 heavy (non-hydrogen) atoms. The van der Waals surface area contributed by atoms with Crippen LogP contribution in [0.15, 0.2) is 24.4 Å². The molecule has 1 aromatic carbocycles. The van der Waals surface area contributed by atoms with Crippen LogP contribution in [0.1, 0.15) is 17.9 Å². The lowest BCUT2D eigenvalue weighted by Crippen LogP contribution is -2.07. The Morgan fingerprint density at radius 3 is 2.94 bits per heavy atom. The summed E-state index contributed by atoms with van der Waals surface area (Å²) in [5.41, 5.74) is 1.88. The van der Waals surface area contributed by atoms with Crippen LogP contribution in [-0.4, -0.2) is 18.1 Å². The Morgan fingerprint density at radius 1 is 1.31 bits per heavy atom. The second-order valence-corrected chi connectivity index (χ2v) is 4.10. The Labute approximate surface area is 99.6 Å². The predicted octanol–water partition coefficient (Wildman–Crippen LogP) is 2.81. The number of hydrogen-bond donors (Lipinski definition) is 2. The predicted molar refractivity (Wildman–Crippen MR) is 65.7 cm³/mol. The van der Waals surface area contributed by atoms with Crippen LogP contribution in [0.25, 0.3) is 10.9 Å². The highest BCUT2D eigenvalue weighted by molar-refractivity contribution is 5.85. The molecule has 4 heteroatoms.